The first-order valence-corrected chi connectivity index (χ1v) is 10.0. The van der Waals surface area contributed by atoms with E-state index in [2.05, 4.69) is 0 Å². The Morgan fingerprint density at radius 1 is 0.643 bits per heavy atom. The Labute approximate surface area is 164 Å². The quantitative estimate of drug-likeness (QED) is 0.741. The van der Waals surface area contributed by atoms with Crippen LogP contribution in [-0.4, -0.2) is 21.8 Å². The van der Waals surface area contributed by atoms with Crippen LogP contribution in [0.2, 0.25) is 0 Å². The van der Waals surface area contributed by atoms with Gasteiger partial charge in [0.05, 0.1) is 11.2 Å². The lowest BCUT2D eigenvalue weighted by Gasteiger charge is -2.25. The molecule has 2 aromatic carbocycles. The molecule has 4 bridgehead atoms. The van der Waals surface area contributed by atoms with Crippen LogP contribution in [-0.2, 0) is 36.9 Å². The van der Waals surface area contributed by atoms with Crippen molar-refractivity contribution in [2.75, 3.05) is 0 Å². The first kappa shape index (κ1) is 17.8. The van der Waals surface area contributed by atoms with Crippen molar-refractivity contribution in [3.8, 4) is 0 Å². The molecular formula is C24H24O4. The summed E-state index contributed by atoms with van der Waals surface area (Å²) in [6.45, 7) is 3.45. The van der Waals surface area contributed by atoms with Crippen LogP contribution in [0.3, 0.4) is 0 Å². The number of rotatable bonds is 0. The van der Waals surface area contributed by atoms with E-state index in [9.17, 15) is 19.8 Å². The van der Waals surface area contributed by atoms with Crippen molar-refractivity contribution < 1.29 is 19.8 Å². The fourth-order valence-corrected chi connectivity index (χ4v) is 5.60. The number of Topliss-reactive ketones (excluding diaryl/α,β-unsaturated/α-hetero) is 2. The summed E-state index contributed by atoms with van der Waals surface area (Å²) in [6.07, 6.45) is 2.82. The van der Waals surface area contributed by atoms with E-state index in [1.54, 1.807) is 13.8 Å². The molecule has 0 aliphatic heterocycles. The molecule has 0 amide bonds. The normalized spacial score (nSPS) is 28.3. The topological polar surface area (TPSA) is 74.6 Å². The minimum atomic E-state index is -1.13. The predicted octanol–water partition coefficient (Wildman–Crippen LogP) is 3.16. The summed E-state index contributed by atoms with van der Waals surface area (Å²) in [5.41, 5.74) is 4.53. The molecule has 0 unspecified atom stereocenters. The first-order valence-electron chi connectivity index (χ1n) is 10.0. The Balaban J connectivity index is 1.71. The van der Waals surface area contributed by atoms with Crippen molar-refractivity contribution in [2.45, 2.75) is 63.6 Å². The van der Waals surface area contributed by atoms with Gasteiger partial charge >= 0.3 is 0 Å². The van der Waals surface area contributed by atoms with Crippen LogP contribution in [0.25, 0.3) is 0 Å². The van der Waals surface area contributed by atoms with Gasteiger partial charge in [0.25, 0.3) is 0 Å². The van der Waals surface area contributed by atoms with Gasteiger partial charge in [-0.05, 0) is 72.9 Å². The van der Waals surface area contributed by atoms with Gasteiger partial charge in [-0.15, -0.1) is 0 Å². The molecule has 6 rings (SSSR count). The summed E-state index contributed by atoms with van der Waals surface area (Å²) >= 11 is 0. The van der Waals surface area contributed by atoms with E-state index >= 15 is 0 Å². The zero-order valence-electron chi connectivity index (χ0n) is 16.3. The second kappa shape index (κ2) is 5.62. The van der Waals surface area contributed by atoms with Gasteiger partial charge < -0.3 is 10.2 Å². The zero-order valence-corrected chi connectivity index (χ0v) is 16.3. The molecule has 4 heteroatoms. The molecule has 4 aliphatic rings. The van der Waals surface area contributed by atoms with Gasteiger partial charge in [0.15, 0.2) is 11.6 Å². The summed E-state index contributed by atoms with van der Waals surface area (Å²) in [6, 6.07) is 8.11. The van der Waals surface area contributed by atoms with Crippen LogP contribution in [0.4, 0.5) is 0 Å². The molecule has 0 radical (unpaired) electrons. The number of hydrogen-bond acceptors (Lipinski definition) is 4. The van der Waals surface area contributed by atoms with Gasteiger partial charge in [0, 0.05) is 24.0 Å². The van der Waals surface area contributed by atoms with Crippen molar-refractivity contribution >= 4 is 11.6 Å². The van der Waals surface area contributed by atoms with Crippen LogP contribution in [0.15, 0.2) is 24.3 Å². The third kappa shape index (κ3) is 2.38. The predicted molar refractivity (Wildman–Crippen MR) is 105 cm³/mol. The monoisotopic (exact) mass is 376 g/mol. The average molecular weight is 376 g/mol. The Morgan fingerprint density at radius 2 is 0.964 bits per heavy atom. The number of aliphatic hydroxyl groups is 2. The Bertz CT molecular complexity index is 973. The summed E-state index contributed by atoms with van der Waals surface area (Å²) in [7, 11) is 0. The maximum atomic E-state index is 12.7. The summed E-state index contributed by atoms with van der Waals surface area (Å²) in [5, 5.41) is 21.8. The smallest absolute Gasteiger partial charge is 0.166 e. The fourth-order valence-electron chi connectivity index (χ4n) is 5.60. The number of carbonyl (C=O) groups is 2. The lowest BCUT2D eigenvalue weighted by Crippen LogP contribution is -2.21. The van der Waals surface area contributed by atoms with Gasteiger partial charge in [-0.25, -0.2) is 0 Å². The lowest BCUT2D eigenvalue weighted by atomic mass is 9.83. The van der Waals surface area contributed by atoms with Gasteiger partial charge in [0.1, 0.15) is 0 Å². The molecule has 2 aromatic rings. The van der Waals surface area contributed by atoms with E-state index < -0.39 is 11.2 Å². The largest absolute Gasteiger partial charge is 0.385 e. The number of hydrogen-bond donors (Lipinski definition) is 2. The van der Waals surface area contributed by atoms with E-state index in [4.69, 9.17) is 0 Å². The number of benzene rings is 2. The van der Waals surface area contributed by atoms with Crippen molar-refractivity contribution in [1.82, 2.24) is 0 Å². The third-order valence-electron chi connectivity index (χ3n) is 6.73. The molecule has 0 spiro atoms. The second-order valence-corrected chi connectivity index (χ2v) is 9.02. The molecule has 4 aliphatic carbocycles. The van der Waals surface area contributed by atoms with Crippen LogP contribution in [0.5, 0.6) is 0 Å². The van der Waals surface area contributed by atoms with E-state index in [1.807, 2.05) is 24.3 Å². The molecular weight excluding hydrogens is 352 g/mol. The number of ketones is 2. The molecule has 28 heavy (non-hydrogen) atoms. The van der Waals surface area contributed by atoms with Gasteiger partial charge in [0.2, 0.25) is 0 Å². The Morgan fingerprint density at radius 3 is 1.36 bits per heavy atom. The Kier molecular flexibility index (Phi) is 3.57. The molecule has 2 N–H and O–H groups in total. The van der Waals surface area contributed by atoms with Crippen molar-refractivity contribution in [1.29, 1.82) is 0 Å². The first-order chi connectivity index (χ1) is 13.2. The van der Waals surface area contributed by atoms with Crippen LogP contribution in [0.1, 0.15) is 80.8 Å². The zero-order chi connectivity index (χ0) is 19.8. The van der Waals surface area contributed by atoms with Crippen LogP contribution in [0, 0.1) is 0 Å². The van der Waals surface area contributed by atoms with Crippen LogP contribution < -0.4 is 0 Å². The minimum absolute atomic E-state index is 0.00652. The van der Waals surface area contributed by atoms with Crippen LogP contribution >= 0.6 is 0 Å². The van der Waals surface area contributed by atoms with Crippen molar-refractivity contribution in [3.63, 3.8) is 0 Å². The van der Waals surface area contributed by atoms with E-state index in [0.717, 1.165) is 33.4 Å². The highest BCUT2D eigenvalue weighted by Crippen LogP contribution is 2.44. The standard InChI is InChI=1S/C24H24O4/c1-23(27)11-17(25)19-13-3-4-14-6-8-16(10-9-15(7-5-13)21(19)23)22-20(14)18(26)12-24(22,2)28/h5-8,27-28H,3-4,9-12H2,1-2H3/t23-,24-/m0/s1. The van der Waals surface area contributed by atoms with Crippen molar-refractivity contribution in [3.05, 3.63) is 68.8 Å². The summed E-state index contributed by atoms with van der Waals surface area (Å²) in [5.74, 6) is 0.0130. The molecule has 0 fully saturated rings. The van der Waals surface area contributed by atoms with E-state index in [1.165, 1.54) is 0 Å². The second-order valence-electron chi connectivity index (χ2n) is 9.02. The molecule has 2 atom stereocenters. The number of fused-ring (bicyclic) bond motifs is 4. The molecule has 0 heterocycles. The highest BCUT2D eigenvalue weighted by Gasteiger charge is 2.43. The van der Waals surface area contributed by atoms with E-state index in [0.29, 0.717) is 36.8 Å². The SMILES string of the molecule is C[C@]1(O)CC(=O)c2c3ccc(c21)CCc1ccc(c2c1[C@@](C)(O)CC2=O)CC3. The maximum absolute atomic E-state index is 12.7. The molecule has 0 saturated carbocycles. The molecule has 4 nitrogen and oxygen atoms in total. The number of aryl methyl sites for hydroxylation is 4. The highest BCUT2D eigenvalue weighted by atomic mass is 16.3. The van der Waals surface area contributed by atoms with Crippen molar-refractivity contribution in [2.24, 2.45) is 0 Å². The van der Waals surface area contributed by atoms with Gasteiger partial charge in [-0.3, -0.25) is 9.59 Å². The fraction of sp³-hybridized carbons (Fsp3) is 0.417. The summed E-state index contributed by atoms with van der Waals surface area (Å²) in [4.78, 5) is 25.4. The Hall–Kier alpha value is -2.30. The maximum Gasteiger partial charge on any atom is 0.166 e. The molecule has 0 aromatic heterocycles. The number of carbonyl (C=O) groups excluding carboxylic acids is 2. The highest BCUT2D eigenvalue weighted by molar-refractivity contribution is 6.04. The van der Waals surface area contributed by atoms with Gasteiger partial charge in [-0.2, -0.15) is 0 Å². The third-order valence-corrected chi connectivity index (χ3v) is 6.73. The summed E-state index contributed by atoms with van der Waals surface area (Å²) < 4.78 is 0. The lowest BCUT2D eigenvalue weighted by molar-refractivity contribution is 0.0512. The average Bonchev–Trinajstić information content (AvgIpc) is 2.99. The van der Waals surface area contributed by atoms with E-state index in [-0.39, 0.29) is 24.4 Å². The van der Waals surface area contributed by atoms with Gasteiger partial charge in [-0.1, -0.05) is 24.3 Å². The minimum Gasteiger partial charge on any atom is -0.385 e. The molecule has 144 valence electrons. The molecule has 0 saturated heterocycles.